The zero-order valence-electron chi connectivity index (χ0n) is 9.54. The van der Waals surface area contributed by atoms with Gasteiger partial charge in [-0.25, -0.2) is 4.98 Å². The first-order valence-electron chi connectivity index (χ1n) is 5.15. The fraction of sp³-hybridized carbons (Fsp3) is 0.167. The highest BCUT2D eigenvalue weighted by atomic mass is 35.5. The van der Waals surface area contributed by atoms with Crippen LogP contribution in [0.25, 0.3) is 11.4 Å². The van der Waals surface area contributed by atoms with E-state index in [1.165, 1.54) is 13.2 Å². The molecule has 0 spiro atoms. The number of aromatic amines is 1. The average Bonchev–Trinajstić information content (AvgIpc) is 2.28. The Kier molecular flexibility index (Phi) is 4.01. The maximum Gasteiger partial charge on any atom is 0.251 e. The zero-order chi connectivity index (χ0) is 13.1. The van der Waals surface area contributed by atoms with E-state index in [1.807, 2.05) is 0 Å². The summed E-state index contributed by atoms with van der Waals surface area (Å²) in [6.07, 6.45) is 0. The molecule has 1 N–H and O–H groups in total. The second-order valence-corrected chi connectivity index (χ2v) is 4.49. The summed E-state index contributed by atoms with van der Waals surface area (Å²) in [4.78, 5) is 18.4. The fourth-order valence-corrected chi connectivity index (χ4v) is 2.04. The molecule has 0 fully saturated rings. The highest BCUT2D eigenvalue weighted by molar-refractivity contribution is 6.36. The summed E-state index contributed by atoms with van der Waals surface area (Å²) in [5.41, 5.74) is 0.913. The predicted octanol–water partition coefficient (Wildman–Crippen LogP) is 2.89. The van der Waals surface area contributed by atoms with Crippen LogP contribution in [0.15, 0.2) is 29.1 Å². The van der Waals surface area contributed by atoms with Crippen LogP contribution in [-0.4, -0.2) is 17.1 Å². The van der Waals surface area contributed by atoms with Crippen LogP contribution in [0, 0.1) is 0 Å². The molecule has 0 atom stereocenters. The molecule has 94 valence electrons. The van der Waals surface area contributed by atoms with Crippen LogP contribution in [0.4, 0.5) is 0 Å². The van der Waals surface area contributed by atoms with Crippen molar-refractivity contribution >= 4 is 23.2 Å². The third-order valence-corrected chi connectivity index (χ3v) is 2.82. The van der Waals surface area contributed by atoms with Crippen molar-refractivity contribution in [1.29, 1.82) is 0 Å². The number of benzene rings is 1. The molecule has 0 saturated heterocycles. The van der Waals surface area contributed by atoms with Gasteiger partial charge in [-0.05, 0) is 18.2 Å². The first-order valence-corrected chi connectivity index (χ1v) is 5.90. The van der Waals surface area contributed by atoms with E-state index in [1.54, 1.807) is 18.2 Å². The topological polar surface area (TPSA) is 55.0 Å². The second-order valence-electron chi connectivity index (χ2n) is 3.64. The van der Waals surface area contributed by atoms with Crippen LogP contribution < -0.4 is 5.56 Å². The Hall–Kier alpha value is -1.36. The summed E-state index contributed by atoms with van der Waals surface area (Å²) >= 11 is 11.9. The average molecular weight is 285 g/mol. The van der Waals surface area contributed by atoms with Gasteiger partial charge in [-0.1, -0.05) is 23.2 Å². The molecule has 2 aromatic rings. The van der Waals surface area contributed by atoms with Crippen LogP contribution in [0.3, 0.4) is 0 Å². The Morgan fingerprint density at radius 2 is 2.11 bits per heavy atom. The van der Waals surface area contributed by atoms with Gasteiger partial charge in [-0.3, -0.25) is 4.79 Å². The summed E-state index contributed by atoms with van der Waals surface area (Å²) in [5, 5.41) is 0.958. The number of H-pyrrole nitrogens is 1. The molecule has 0 unspecified atom stereocenters. The molecule has 18 heavy (non-hydrogen) atoms. The molecule has 0 aliphatic rings. The van der Waals surface area contributed by atoms with Crippen LogP contribution in [0.5, 0.6) is 0 Å². The van der Waals surface area contributed by atoms with Crippen molar-refractivity contribution < 1.29 is 4.74 Å². The Labute approximate surface area is 114 Å². The van der Waals surface area contributed by atoms with Crippen molar-refractivity contribution in [2.24, 2.45) is 0 Å². The van der Waals surface area contributed by atoms with Crippen LogP contribution >= 0.6 is 23.2 Å². The van der Waals surface area contributed by atoms with Gasteiger partial charge in [-0.15, -0.1) is 0 Å². The minimum Gasteiger partial charge on any atom is -0.378 e. The molecule has 0 bridgehead atoms. The van der Waals surface area contributed by atoms with Crippen LogP contribution in [0.2, 0.25) is 10.0 Å². The van der Waals surface area contributed by atoms with E-state index >= 15 is 0 Å². The number of ether oxygens (including phenoxy) is 1. The Morgan fingerprint density at radius 3 is 2.78 bits per heavy atom. The normalized spacial score (nSPS) is 10.6. The van der Waals surface area contributed by atoms with Gasteiger partial charge < -0.3 is 9.72 Å². The van der Waals surface area contributed by atoms with E-state index in [0.717, 1.165) is 0 Å². The van der Waals surface area contributed by atoms with E-state index in [9.17, 15) is 4.79 Å². The van der Waals surface area contributed by atoms with Crippen LogP contribution in [0.1, 0.15) is 5.69 Å². The number of rotatable bonds is 3. The van der Waals surface area contributed by atoms with Gasteiger partial charge in [-0.2, -0.15) is 0 Å². The molecule has 1 heterocycles. The fourth-order valence-electron chi connectivity index (χ4n) is 1.54. The third kappa shape index (κ3) is 2.90. The van der Waals surface area contributed by atoms with E-state index in [0.29, 0.717) is 27.1 Å². The number of methoxy groups -OCH3 is 1. The monoisotopic (exact) mass is 284 g/mol. The summed E-state index contributed by atoms with van der Waals surface area (Å²) < 4.78 is 4.95. The van der Waals surface area contributed by atoms with Gasteiger partial charge in [0.25, 0.3) is 5.56 Å². The van der Waals surface area contributed by atoms with E-state index in [2.05, 4.69) is 9.97 Å². The lowest BCUT2D eigenvalue weighted by Crippen LogP contribution is -2.11. The lowest BCUT2D eigenvalue weighted by Gasteiger charge is -2.06. The number of nitrogens with one attached hydrogen (secondary N) is 1. The van der Waals surface area contributed by atoms with Gasteiger partial charge in [0, 0.05) is 23.8 Å². The Balaban J connectivity index is 2.53. The molecule has 4 nitrogen and oxygen atoms in total. The lowest BCUT2D eigenvalue weighted by atomic mass is 10.2. The van der Waals surface area contributed by atoms with Crippen molar-refractivity contribution in [2.75, 3.05) is 7.11 Å². The predicted molar refractivity (Wildman–Crippen MR) is 71.0 cm³/mol. The van der Waals surface area contributed by atoms with Crippen molar-refractivity contribution in [1.82, 2.24) is 9.97 Å². The Bertz CT molecular complexity index is 626. The summed E-state index contributed by atoms with van der Waals surface area (Å²) in [6, 6.07) is 6.38. The van der Waals surface area contributed by atoms with E-state index in [-0.39, 0.29) is 12.2 Å². The third-order valence-electron chi connectivity index (χ3n) is 2.27. The quantitative estimate of drug-likeness (QED) is 0.943. The van der Waals surface area contributed by atoms with Gasteiger partial charge in [0.1, 0.15) is 5.82 Å². The van der Waals surface area contributed by atoms with Crippen molar-refractivity contribution in [3.63, 3.8) is 0 Å². The maximum atomic E-state index is 11.5. The van der Waals surface area contributed by atoms with Gasteiger partial charge in [0.2, 0.25) is 0 Å². The minimum absolute atomic E-state index is 0.252. The zero-order valence-corrected chi connectivity index (χ0v) is 11.0. The largest absolute Gasteiger partial charge is 0.378 e. The first kappa shape index (κ1) is 13.1. The number of halogens is 2. The number of hydrogen-bond acceptors (Lipinski definition) is 3. The van der Waals surface area contributed by atoms with Crippen molar-refractivity contribution in [3.05, 3.63) is 50.4 Å². The minimum atomic E-state index is -0.252. The maximum absolute atomic E-state index is 11.5. The van der Waals surface area contributed by atoms with Crippen molar-refractivity contribution in [3.8, 4) is 11.4 Å². The molecule has 6 heteroatoms. The molecule has 0 amide bonds. The molecule has 2 rings (SSSR count). The summed E-state index contributed by atoms with van der Waals surface area (Å²) in [6.45, 7) is 0.266. The first-order chi connectivity index (χ1) is 8.60. The highest BCUT2D eigenvalue weighted by Gasteiger charge is 2.08. The van der Waals surface area contributed by atoms with Gasteiger partial charge >= 0.3 is 0 Å². The van der Waals surface area contributed by atoms with Crippen LogP contribution in [-0.2, 0) is 11.3 Å². The Morgan fingerprint density at radius 1 is 1.33 bits per heavy atom. The number of hydrogen-bond donors (Lipinski definition) is 1. The molecule has 1 aromatic carbocycles. The SMILES string of the molecule is COCc1cc(=O)[nH]c(-c2ccc(Cl)cc2Cl)n1. The lowest BCUT2D eigenvalue weighted by molar-refractivity contribution is 0.181. The second kappa shape index (κ2) is 5.52. The molecule has 1 aromatic heterocycles. The molecule has 0 saturated carbocycles. The smallest absolute Gasteiger partial charge is 0.251 e. The summed E-state index contributed by atoms with van der Waals surface area (Å²) in [7, 11) is 1.54. The molecular weight excluding hydrogens is 275 g/mol. The number of aromatic nitrogens is 2. The van der Waals surface area contributed by atoms with Crippen molar-refractivity contribution in [2.45, 2.75) is 6.61 Å². The van der Waals surface area contributed by atoms with E-state index in [4.69, 9.17) is 27.9 Å². The highest BCUT2D eigenvalue weighted by Crippen LogP contribution is 2.27. The number of nitrogens with zero attached hydrogens (tertiary/aromatic N) is 1. The van der Waals surface area contributed by atoms with Gasteiger partial charge in [0.15, 0.2) is 0 Å². The molecule has 0 aliphatic heterocycles. The molecule has 0 radical (unpaired) electrons. The standard InChI is InChI=1S/C12H10Cl2N2O2/c1-18-6-8-5-11(17)16-12(15-8)9-3-2-7(13)4-10(9)14/h2-5H,6H2,1H3,(H,15,16,17). The molecule has 0 aliphatic carbocycles. The molecular formula is C12H10Cl2N2O2. The summed E-state index contributed by atoms with van der Waals surface area (Å²) in [5.74, 6) is 0.399. The van der Waals surface area contributed by atoms with E-state index < -0.39 is 0 Å². The van der Waals surface area contributed by atoms with Gasteiger partial charge in [0.05, 0.1) is 17.3 Å².